The number of benzene rings is 2. The van der Waals surface area contributed by atoms with Gasteiger partial charge >= 0.3 is 5.97 Å². The summed E-state index contributed by atoms with van der Waals surface area (Å²) in [4.78, 5) is 12.8. The lowest BCUT2D eigenvalue weighted by Gasteiger charge is -2.09. The molecule has 146 valence electrons. The van der Waals surface area contributed by atoms with Gasteiger partial charge in [-0.05, 0) is 43.7 Å². The van der Waals surface area contributed by atoms with E-state index in [4.69, 9.17) is 9.47 Å². The monoisotopic (exact) mass is 399 g/mol. The van der Waals surface area contributed by atoms with Crippen LogP contribution in [0.2, 0.25) is 0 Å². The van der Waals surface area contributed by atoms with Gasteiger partial charge in [0.15, 0.2) is 15.3 Å². The molecule has 1 fully saturated rings. The summed E-state index contributed by atoms with van der Waals surface area (Å²) >= 11 is 0. The first-order valence-electron chi connectivity index (χ1n) is 8.86. The lowest BCUT2D eigenvalue weighted by molar-refractivity contribution is -0.147. The number of aryl methyl sites for hydroxylation is 1. The molecule has 0 bridgehead atoms. The number of nitriles is 1. The fraction of sp³-hybridized carbons (Fsp3) is 0.333. The minimum Gasteiger partial charge on any atom is -0.497 e. The van der Waals surface area contributed by atoms with Crippen molar-refractivity contribution in [3.05, 3.63) is 59.7 Å². The van der Waals surface area contributed by atoms with Crippen molar-refractivity contribution in [2.45, 2.75) is 29.9 Å². The summed E-state index contributed by atoms with van der Waals surface area (Å²) in [5.74, 6) is -1.02. The van der Waals surface area contributed by atoms with Gasteiger partial charge in [-0.15, -0.1) is 0 Å². The van der Waals surface area contributed by atoms with Crippen LogP contribution in [-0.2, 0) is 19.4 Å². The Balaban J connectivity index is 2.11. The number of methoxy groups -OCH3 is 1. The molecule has 6 nitrogen and oxygen atoms in total. The van der Waals surface area contributed by atoms with Gasteiger partial charge in [-0.2, -0.15) is 5.26 Å². The minimum atomic E-state index is -3.93. The van der Waals surface area contributed by atoms with Crippen LogP contribution >= 0.6 is 0 Å². The maximum Gasteiger partial charge on any atom is 0.328 e. The van der Waals surface area contributed by atoms with Crippen LogP contribution in [0.3, 0.4) is 0 Å². The molecule has 0 N–H and O–H groups in total. The molecule has 0 heterocycles. The van der Waals surface area contributed by atoms with Gasteiger partial charge in [-0.25, -0.2) is 8.42 Å². The molecule has 1 aliphatic rings. The van der Waals surface area contributed by atoms with E-state index in [1.165, 1.54) is 19.2 Å². The average Bonchev–Trinajstić information content (AvgIpc) is 3.40. The maximum absolute atomic E-state index is 13.3. The highest BCUT2D eigenvalue weighted by molar-refractivity contribution is 7.92. The van der Waals surface area contributed by atoms with Crippen LogP contribution in [0.15, 0.2) is 53.4 Å². The Morgan fingerprint density at radius 3 is 2.25 bits per heavy atom. The van der Waals surface area contributed by atoms with E-state index in [9.17, 15) is 18.5 Å². The fourth-order valence-corrected chi connectivity index (χ4v) is 5.82. The Morgan fingerprint density at radius 1 is 1.14 bits per heavy atom. The molecule has 28 heavy (non-hydrogen) atoms. The van der Waals surface area contributed by atoms with Crippen LogP contribution < -0.4 is 4.74 Å². The summed E-state index contributed by atoms with van der Waals surface area (Å²) in [5.41, 5.74) is -0.275. The molecule has 3 atom stereocenters. The Kier molecular flexibility index (Phi) is 5.18. The van der Waals surface area contributed by atoms with Gasteiger partial charge in [0.25, 0.3) is 0 Å². The average molecular weight is 399 g/mol. The van der Waals surface area contributed by atoms with Crippen molar-refractivity contribution in [1.82, 2.24) is 0 Å². The van der Waals surface area contributed by atoms with Gasteiger partial charge < -0.3 is 9.47 Å². The van der Waals surface area contributed by atoms with Crippen LogP contribution in [-0.4, -0.2) is 33.4 Å². The number of ether oxygens (including phenoxy) is 2. The minimum absolute atomic E-state index is 0.0644. The van der Waals surface area contributed by atoms with Crippen LogP contribution in [0.5, 0.6) is 5.75 Å². The summed E-state index contributed by atoms with van der Waals surface area (Å²) in [6, 6.07) is 15.1. The highest BCUT2D eigenvalue weighted by atomic mass is 32.2. The van der Waals surface area contributed by atoms with E-state index < -0.39 is 32.4 Å². The second-order valence-electron chi connectivity index (χ2n) is 6.73. The standard InChI is InChI=1S/C21H21NO5S/c1-4-27-20(23)21(13-22)18(15-7-9-16(26-3)10-8-15)19(21)28(24,25)17-11-5-14(2)6-12-17/h5-12,18-19H,4H2,1-3H3/t18-,19+,21+/m0/s1. The van der Waals surface area contributed by atoms with E-state index in [-0.39, 0.29) is 11.5 Å². The molecule has 0 unspecified atom stereocenters. The fourth-order valence-electron chi connectivity index (χ4n) is 3.58. The Labute approximate surface area is 164 Å². The SMILES string of the molecule is CCOC(=O)[C@@]1(C#N)[C@H](S(=O)(=O)c2ccc(C)cc2)[C@@H]1c1ccc(OC)cc1. The molecule has 0 amide bonds. The number of carbonyl (C=O) groups is 1. The molecule has 7 heteroatoms. The van der Waals surface area contributed by atoms with Crippen molar-refractivity contribution >= 4 is 15.8 Å². The zero-order valence-electron chi connectivity index (χ0n) is 15.9. The summed E-state index contributed by atoms with van der Waals surface area (Å²) in [6.45, 7) is 3.54. The second kappa shape index (κ2) is 7.28. The number of carbonyl (C=O) groups excluding carboxylic acids is 1. The summed E-state index contributed by atoms with van der Waals surface area (Å²) in [5, 5.41) is 8.66. The Hall–Kier alpha value is -2.85. The van der Waals surface area contributed by atoms with Crippen LogP contribution in [0, 0.1) is 23.7 Å². The lowest BCUT2D eigenvalue weighted by atomic mass is 10.0. The molecule has 1 saturated carbocycles. The van der Waals surface area contributed by atoms with E-state index in [0.29, 0.717) is 11.3 Å². The number of nitrogens with zero attached hydrogens (tertiary/aromatic N) is 1. The molecular weight excluding hydrogens is 378 g/mol. The third-order valence-corrected chi connectivity index (χ3v) is 7.33. The van der Waals surface area contributed by atoms with Crippen molar-refractivity contribution < 1.29 is 22.7 Å². The van der Waals surface area contributed by atoms with E-state index >= 15 is 0 Å². The highest BCUT2D eigenvalue weighted by Crippen LogP contribution is 2.64. The van der Waals surface area contributed by atoms with Gasteiger partial charge in [0.2, 0.25) is 0 Å². The van der Waals surface area contributed by atoms with Crippen molar-refractivity contribution in [1.29, 1.82) is 5.26 Å². The van der Waals surface area contributed by atoms with Crippen LogP contribution in [0.1, 0.15) is 24.0 Å². The summed E-state index contributed by atoms with van der Waals surface area (Å²) in [6.07, 6.45) is 0. The number of rotatable bonds is 6. The molecule has 0 aliphatic heterocycles. The van der Waals surface area contributed by atoms with E-state index in [0.717, 1.165) is 5.56 Å². The van der Waals surface area contributed by atoms with Gasteiger partial charge in [0.05, 0.1) is 24.7 Å². The van der Waals surface area contributed by atoms with Crippen LogP contribution in [0.25, 0.3) is 0 Å². The first kappa shape index (κ1) is 19.9. The molecule has 0 spiro atoms. The molecule has 2 aromatic rings. The van der Waals surface area contributed by atoms with Crippen molar-refractivity contribution in [2.24, 2.45) is 5.41 Å². The number of hydrogen-bond acceptors (Lipinski definition) is 6. The van der Waals surface area contributed by atoms with E-state index in [1.807, 2.05) is 13.0 Å². The molecular formula is C21H21NO5S. The van der Waals surface area contributed by atoms with Crippen molar-refractivity contribution in [3.63, 3.8) is 0 Å². The normalized spacial score (nSPS) is 23.5. The lowest BCUT2D eigenvalue weighted by Crippen LogP contribution is -2.25. The third-order valence-electron chi connectivity index (χ3n) is 5.09. The van der Waals surface area contributed by atoms with Gasteiger partial charge in [0.1, 0.15) is 11.0 Å². The quantitative estimate of drug-likeness (QED) is 0.693. The molecule has 2 aromatic carbocycles. The predicted molar refractivity (Wildman–Crippen MR) is 103 cm³/mol. The van der Waals surface area contributed by atoms with E-state index in [2.05, 4.69) is 0 Å². The van der Waals surface area contributed by atoms with Crippen LogP contribution in [0.4, 0.5) is 0 Å². The zero-order valence-corrected chi connectivity index (χ0v) is 16.7. The molecule has 3 rings (SSSR count). The smallest absolute Gasteiger partial charge is 0.328 e. The molecule has 0 radical (unpaired) electrons. The van der Waals surface area contributed by atoms with Gasteiger partial charge in [0, 0.05) is 5.92 Å². The van der Waals surface area contributed by atoms with E-state index in [1.54, 1.807) is 43.3 Å². The second-order valence-corrected chi connectivity index (χ2v) is 8.80. The van der Waals surface area contributed by atoms with Crippen molar-refractivity contribution in [2.75, 3.05) is 13.7 Å². The first-order valence-corrected chi connectivity index (χ1v) is 10.4. The Morgan fingerprint density at radius 2 is 1.75 bits per heavy atom. The van der Waals surface area contributed by atoms with Gasteiger partial charge in [-0.3, -0.25) is 4.79 Å². The topological polar surface area (TPSA) is 93.5 Å². The number of esters is 1. The predicted octanol–water partition coefficient (Wildman–Crippen LogP) is 3.02. The largest absolute Gasteiger partial charge is 0.497 e. The summed E-state index contributed by atoms with van der Waals surface area (Å²) in [7, 11) is -2.41. The molecule has 0 saturated heterocycles. The molecule has 0 aromatic heterocycles. The number of sulfone groups is 1. The summed E-state index contributed by atoms with van der Waals surface area (Å²) < 4.78 is 36.8. The Bertz CT molecular complexity index is 1020. The number of hydrogen-bond donors (Lipinski definition) is 0. The van der Waals surface area contributed by atoms with Gasteiger partial charge in [-0.1, -0.05) is 29.8 Å². The van der Waals surface area contributed by atoms with Crippen molar-refractivity contribution in [3.8, 4) is 11.8 Å². The maximum atomic E-state index is 13.3. The zero-order chi connectivity index (χ0) is 20.5. The molecule has 1 aliphatic carbocycles. The highest BCUT2D eigenvalue weighted by Gasteiger charge is 2.77. The third kappa shape index (κ3) is 3.04. The first-order chi connectivity index (χ1) is 13.3.